The molecule has 0 saturated carbocycles. The van der Waals surface area contributed by atoms with E-state index < -0.39 is 85.1 Å². The molecule has 15 nitrogen and oxygen atoms in total. The summed E-state index contributed by atoms with van der Waals surface area (Å²) in [5, 5.41) is 37.1. The molecule has 0 aromatic rings. The Morgan fingerprint density at radius 3 is 2.17 bits per heavy atom. The molecule has 0 aromatic heterocycles. The molecule has 0 bridgehead atoms. The summed E-state index contributed by atoms with van der Waals surface area (Å²) < 4.78 is 19.8. The van der Waals surface area contributed by atoms with Gasteiger partial charge in [-0.3, -0.25) is 19.2 Å². The van der Waals surface area contributed by atoms with Crippen LogP contribution in [0.4, 0.5) is 0 Å². The van der Waals surface area contributed by atoms with Gasteiger partial charge in [0.05, 0.1) is 20.8 Å². The van der Waals surface area contributed by atoms with E-state index in [0.29, 0.717) is 0 Å². The summed E-state index contributed by atoms with van der Waals surface area (Å²) in [6, 6.07) is -3.58. The molecule has 0 aliphatic carbocycles. The zero-order chi connectivity index (χ0) is 27.6. The Labute approximate surface area is 207 Å². The fraction of sp³-hybridized carbons (Fsp3) is 0.762. The second kappa shape index (κ2) is 14.6. The highest BCUT2D eigenvalue weighted by Gasteiger charge is 2.47. The summed E-state index contributed by atoms with van der Waals surface area (Å²) in [5.74, 6) is -3.50. The molecule has 8 atom stereocenters. The van der Waals surface area contributed by atoms with Gasteiger partial charge in [0.2, 0.25) is 17.7 Å². The Kier molecular flexibility index (Phi) is 12.7. The van der Waals surface area contributed by atoms with E-state index >= 15 is 0 Å². The van der Waals surface area contributed by atoms with Crippen molar-refractivity contribution in [1.82, 2.24) is 16.0 Å². The van der Waals surface area contributed by atoms with Gasteiger partial charge < -0.3 is 50.2 Å². The first-order chi connectivity index (χ1) is 16.9. The number of hydrogen-bond acceptors (Lipinski definition) is 12. The van der Waals surface area contributed by atoms with Crippen LogP contribution in [0.2, 0.25) is 0 Å². The van der Waals surface area contributed by atoms with E-state index in [1.54, 1.807) is 0 Å². The number of ether oxygens (including phenoxy) is 4. The first-order valence-corrected chi connectivity index (χ1v) is 11.2. The Bertz CT molecular complexity index is 794. The van der Waals surface area contributed by atoms with Crippen molar-refractivity contribution < 1.29 is 58.2 Å². The first-order valence-electron chi connectivity index (χ1n) is 11.2. The molecule has 5 unspecified atom stereocenters. The van der Waals surface area contributed by atoms with Gasteiger partial charge in [-0.2, -0.15) is 0 Å². The number of esters is 2. The van der Waals surface area contributed by atoms with Crippen LogP contribution >= 0.6 is 0 Å². The van der Waals surface area contributed by atoms with Crippen LogP contribution in [0.3, 0.4) is 0 Å². The normalized spacial score (nSPS) is 26.1. The molecule has 0 radical (unpaired) electrons. The van der Waals surface area contributed by atoms with Crippen molar-refractivity contribution in [2.75, 3.05) is 20.8 Å². The van der Waals surface area contributed by atoms with Crippen molar-refractivity contribution in [1.29, 1.82) is 0 Å². The third-order valence-corrected chi connectivity index (χ3v) is 5.39. The highest BCUT2D eigenvalue weighted by atomic mass is 16.6. The van der Waals surface area contributed by atoms with Crippen LogP contribution in [0, 0.1) is 0 Å². The summed E-state index contributed by atoms with van der Waals surface area (Å²) >= 11 is 0. The van der Waals surface area contributed by atoms with Crippen LogP contribution in [0.5, 0.6) is 0 Å². The zero-order valence-corrected chi connectivity index (χ0v) is 20.8. The maximum Gasteiger partial charge on any atom is 0.328 e. The maximum absolute atomic E-state index is 12.6. The number of amides is 3. The smallest absolute Gasteiger partial charge is 0.328 e. The minimum atomic E-state index is -1.64. The quantitative estimate of drug-likeness (QED) is 0.138. The van der Waals surface area contributed by atoms with Gasteiger partial charge in [0.1, 0.15) is 42.5 Å². The molecular formula is C21H35N3O12. The van der Waals surface area contributed by atoms with Gasteiger partial charge >= 0.3 is 11.9 Å². The van der Waals surface area contributed by atoms with Gasteiger partial charge in [0.25, 0.3) is 0 Å². The summed E-state index contributed by atoms with van der Waals surface area (Å²) in [6.45, 7) is 3.14. The van der Waals surface area contributed by atoms with Gasteiger partial charge in [0.15, 0.2) is 6.29 Å². The lowest BCUT2D eigenvalue weighted by atomic mass is 9.96. The summed E-state index contributed by atoms with van der Waals surface area (Å²) in [5.41, 5.74) is 0. The molecule has 1 rings (SSSR count). The second-order valence-electron chi connectivity index (χ2n) is 8.14. The fourth-order valence-electron chi connectivity index (χ4n) is 3.38. The Balaban J connectivity index is 2.82. The van der Waals surface area contributed by atoms with Crippen LogP contribution < -0.4 is 16.0 Å². The molecule has 36 heavy (non-hydrogen) atoms. The monoisotopic (exact) mass is 521 g/mol. The average Bonchev–Trinajstić information content (AvgIpc) is 2.84. The number of carbonyl (C=O) groups excluding carboxylic acids is 5. The van der Waals surface area contributed by atoms with Gasteiger partial charge in [-0.25, -0.2) is 4.79 Å². The molecular weight excluding hydrogens is 486 g/mol. The topological polar surface area (TPSA) is 219 Å². The number of hydrogen-bond donors (Lipinski definition) is 6. The first kappa shape index (κ1) is 31.2. The SMILES string of the molecule is COC(=O)CC[C@H](NC(=O)[C@H](C)NC(=O)[C@@H](C)OC1C(O)C(CO)OC(O)C1NC(C)=O)C(=O)OC. The Hall–Kier alpha value is -2.85. The fourth-order valence-corrected chi connectivity index (χ4v) is 3.38. The number of rotatable bonds is 12. The predicted molar refractivity (Wildman–Crippen MR) is 119 cm³/mol. The molecule has 1 fully saturated rings. The van der Waals surface area contributed by atoms with E-state index in [2.05, 4.69) is 25.4 Å². The van der Waals surface area contributed by atoms with E-state index in [1.807, 2.05) is 0 Å². The molecule has 0 spiro atoms. The summed E-state index contributed by atoms with van der Waals surface area (Å²) in [7, 11) is 2.29. The van der Waals surface area contributed by atoms with Gasteiger partial charge in [-0.15, -0.1) is 0 Å². The van der Waals surface area contributed by atoms with Crippen molar-refractivity contribution in [3.05, 3.63) is 0 Å². The molecule has 1 aliphatic rings. The predicted octanol–water partition coefficient (Wildman–Crippen LogP) is -3.55. The minimum Gasteiger partial charge on any atom is -0.469 e. The number of aliphatic hydroxyl groups excluding tert-OH is 3. The number of nitrogens with one attached hydrogen (secondary N) is 3. The molecule has 3 amide bonds. The maximum atomic E-state index is 12.6. The van der Waals surface area contributed by atoms with E-state index in [4.69, 9.17) is 9.47 Å². The standard InChI is InChI=1S/C21H35N3O12/c1-9(18(29)24-12(20(31)34-5)6-7-14(27)33-4)22-19(30)10(2)35-17-15(23-11(3)26)21(32)36-13(8-25)16(17)28/h9-10,12-13,15-17,21,25,28,32H,6-8H2,1-5H3,(H,22,30)(H,23,26)(H,24,29)/t9-,10+,12-,13?,15?,16?,17?,21?/m0/s1. The lowest BCUT2D eigenvalue weighted by Crippen LogP contribution is -2.65. The molecule has 15 heteroatoms. The number of carbonyl (C=O) groups is 5. The summed E-state index contributed by atoms with van der Waals surface area (Å²) in [6.07, 6.45) is -7.28. The highest BCUT2D eigenvalue weighted by Crippen LogP contribution is 2.23. The van der Waals surface area contributed by atoms with E-state index in [9.17, 15) is 39.3 Å². The molecule has 1 heterocycles. The van der Waals surface area contributed by atoms with Crippen LogP contribution in [0.15, 0.2) is 0 Å². The Morgan fingerprint density at radius 2 is 1.64 bits per heavy atom. The Morgan fingerprint density at radius 1 is 1.00 bits per heavy atom. The van der Waals surface area contributed by atoms with Crippen molar-refractivity contribution in [3.63, 3.8) is 0 Å². The average molecular weight is 522 g/mol. The van der Waals surface area contributed by atoms with Crippen molar-refractivity contribution >= 4 is 29.7 Å². The molecule has 206 valence electrons. The van der Waals surface area contributed by atoms with E-state index in [1.165, 1.54) is 21.0 Å². The third-order valence-electron chi connectivity index (χ3n) is 5.39. The van der Waals surface area contributed by atoms with Crippen LogP contribution in [-0.4, -0.2) is 115 Å². The number of methoxy groups -OCH3 is 2. The molecule has 1 aliphatic heterocycles. The van der Waals surface area contributed by atoms with E-state index in [-0.39, 0.29) is 12.8 Å². The van der Waals surface area contributed by atoms with Gasteiger partial charge in [0, 0.05) is 13.3 Å². The van der Waals surface area contributed by atoms with Crippen molar-refractivity contribution in [2.45, 2.75) is 82.4 Å². The zero-order valence-electron chi connectivity index (χ0n) is 20.8. The molecule has 1 saturated heterocycles. The third kappa shape index (κ3) is 8.98. The van der Waals surface area contributed by atoms with Crippen LogP contribution in [0.1, 0.15) is 33.6 Å². The second-order valence-corrected chi connectivity index (χ2v) is 8.14. The lowest BCUT2D eigenvalue weighted by molar-refractivity contribution is -0.266. The van der Waals surface area contributed by atoms with Crippen LogP contribution in [0.25, 0.3) is 0 Å². The lowest BCUT2D eigenvalue weighted by Gasteiger charge is -2.43. The largest absolute Gasteiger partial charge is 0.469 e. The van der Waals surface area contributed by atoms with E-state index in [0.717, 1.165) is 14.0 Å². The number of aliphatic hydroxyl groups is 3. The minimum absolute atomic E-state index is 0.0915. The van der Waals surface area contributed by atoms with Crippen molar-refractivity contribution in [2.24, 2.45) is 0 Å². The van der Waals surface area contributed by atoms with Gasteiger partial charge in [-0.05, 0) is 20.3 Å². The van der Waals surface area contributed by atoms with Crippen molar-refractivity contribution in [3.8, 4) is 0 Å². The van der Waals surface area contributed by atoms with Gasteiger partial charge in [-0.1, -0.05) is 0 Å². The molecule has 0 aromatic carbocycles. The highest BCUT2D eigenvalue weighted by molar-refractivity contribution is 5.91. The molecule has 6 N–H and O–H groups in total. The van der Waals surface area contributed by atoms with Crippen LogP contribution in [-0.2, 0) is 42.9 Å². The summed E-state index contributed by atoms with van der Waals surface area (Å²) in [4.78, 5) is 60.0.